The van der Waals surface area contributed by atoms with E-state index in [9.17, 15) is 18.0 Å². The van der Waals surface area contributed by atoms with Gasteiger partial charge in [0.15, 0.2) is 11.5 Å². The van der Waals surface area contributed by atoms with E-state index in [0.29, 0.717) is 6.42 Å². The molecule has 0 saturated carbocycles. The number of methoxy groups -OCH3 is 1. The number of ether oxygens (including phenoxy) is 1. The summed E-state index contributed by atoms with van der Waals surface area (Å²) in [5.74, 6) is -1.07. The van der Waals surface area contributed by atoms with Crippen molar-refractivity contribution >= 4 is 22.1 Å². The second-order valence-electron chi connectivity index (χ2n) is 6.55. The predicted octanol–water partition coefficient (Wildman–Crippen LogP) is 1.69. The van der Waals surface area contributed by atoms with Crippen LogP contribution in [0.5, 0.6) is 0 Å². The van der Waals surface area contributed by atoms with Crippen molar-refractivity contribution in [2.75, 3.05) is 13.7 Å². The van der Waals surface area contributed by atoms with Gasteiger partial charge in [-0.05, 0) is 37.6 Å². The lowest BCUT2D eigenvalue weighted by Gasteiger charge is -2.51. The normalized spacial score (nSPS) is 30.1. The summed E-state index contributed by atoms with van der Waals surface area (Å²) < 4.78 is 33.4. The second kappa shape index (κ2) is 6.48. The van der Waals surface area contributed by atoms with E-state index < -0.39 is 27.6 Å². The predicted molar refractivity (Wildman–Crippen MR) is 91.2 cm³/mol. The van der Waals surface area contributed by atoms with Gasteiger partial charge in [-0.15, -0.1) is 0 Å². The first kappa shape index (κ1) is 18.0. The zero-order valence-electron chi connectivity index (χ0n) is 14.2. The Labute approximate surface area is 147 Å². The van der Waals surface area contributed by atoms with Gasteiger partial charge < -0.3 is 9.53 Å². The molecule has 3 atom stereocenters. The number of ketones is 1. The minimum atomic E-state index is -3.84. The summed E-state index contributed by atoms with van der Waals surface area (Å²) in [5, 5.41) is 0. The molecule has 0 bridgehead atoms. The average Bonchev–Trinajstić information content (AvgIpc) is 2.61. The Bertz CT molecular complexity index is 814. The standard InChI is InChI=1S/C18H21NO5S/c1-13-3-5-16(6-4-13)25(22,23)19-10-8-14(12-20)17-11-15(21)7-9-18(17,19)24-2/h3-7,9,12,14,17H,8,10-11H2,1-2H3/t14-,17+,18-/m1/s1. The van der Waals surface area contributed by atoms with Crippen LogP contribution in [0.25, 0.3) is 0 Å². The Hall–Kier alpha value is -1.83. The molecule has 25 heavy (non-hydrogen) atoms. The van der Waals surface area contributed by atoms with Gasteiger partial charge in [-0.1, -0.05) is 17.7 Å². The van der Waals surface area contributed by atoms with E-state index in [1.807, 2.05) is 6.92 Å². The van der Waals surface area contributed by atoms with Gasteiger partial charge in [-0.2, -0.15) is 4.31 Å². The fraction of sp³-hybridized carbons (Fsp3) is 0.444. The van der Waals surface area contributed by atoms with Crippen molar-refractivity contribution in [1.29, 1.82) is 0 Å². The maximum absolute atomic E-state index is 13.2. The fourth-order valence-electron chi connectivity index (χ4n) is 3.77. The third-order valence-corrected chi connectivity index (χ3v) is 7.06. The zero-order chi connectivity index (χ0) is 18.2. The zero-order valence-corrected chi connectivity index (χ0v) is 15.0. The maximum Gasteiger partial charge on any atom is 0.245 e. The van der Waals surface area contributed by atoms with Crippen molar-refractivity contribution in [3.63, 3.8) is 0 Å². The summed E-state index contributed by atoms with van der Waals surface area (Å²) in [6.07, 6.45) is 4.11. The maximum atomic E-state index is 13.2. The van der Waals surface area contributed by atoms with E-state index in [1.165, 1.54) is 23.6 Å². The topological polar surface area (TPSA) is 80.8 Å². The number of aryl methyl sites for hydroxylation is 1. The second-order valence-corrected chi connectivity index (χ2v) is 8.41. The highest BCUT2D eigenvalue weighted by atomic mass is 32.2. The van der Waals surface area contributed by atoms with Crippen molar-refractivity contribution in [3.05, 3.63) is 42.0 Å². The summed E-state index contributed by atoms with van der Waals surface area (Å²) in [4.78, 5) is 23.5. The van der Waals surface area contributed by atoms with Gasteiger partial charge in [0.2, 0.25) is 10.0 Å². The molecule has 2 aliphatic rings. The Kier molecular flexibility index (Phi) is 4.66. The van der Waals surface area contributed by atoms with Crippen molar-refractivity contribution in [3.8, 4) is 0 Å². The minimum absolute atomic E-state index is 0.0909. The van der Waals surface area contributed by atoms with E-state index in [1.54, 1.807) is 24.3 Å². The number of allylic oxidation sites excluding steroid dienone is 1. The van der Waals surface area contributed by atoms with Crippen LogP contribution in [0.4, 0.5) is 0 Å². The molecule has 1 aromatic carbocycles. The quantitative estimate of drug-likeness (QED) is 0.761. The van der Waals surface area contributed by atoms with E-state index in [0.717, 1.165) is 11.8 Å². The molecule has 6 nitrogen and oxygen atoms in total. The molecular formula is C18H21NO5S. The highest BCUT2D eigenvalue weighted by Gasteiger charge is 2.55. The summed E-state index contributed by atoms with van der Waals surface area (Å²) in [6, 6.07) is 6.60. The van der Waals surface area contributed by atoms with Crippen LogP contribution in [0.15, 0.2) is 41.3 Å². The molecule has 0 spiro atoms. The van der Waals surface area contributed by atoms with Crippen molar-refractivity contribution < 1.29 is 22.7 Å². The number of hydrogen-bond acceptors (Lipinski definition) is 5. The van der Waals surface area contributed by atoms with Crippen molar-refractivity contribution in [2.24, 2.45) is 11.8 Å². The van der Waals surface area contributed by atoms with Gasteiger partial charge in [0, 0.05) is 31.9 Å². The van der Waals surface area contributed by atoms with Crippen LogP contribution in [-0.4, -0.2) is 44.2 Å². The van der Waals surface area contributed by atoms with E-state index >= 15 is 0 Å². The van der Waals surface area contributed by atoms with Crippen LogP contribution in [0.2, 0.25) is 0 Å². The van der Waals surface area contributed by atoms with Crippen LogP contribution in [-0.2, 0) is 24.3 Å². The first-order valence-electron chi connectivity index (χ1n) is 8.17. The number of sulfonamides is 1. The molecule has 1 heterocycles. The van der Waals surface area contributed by atoms with Gasteiger partial charge in [-0.25, -0.2) is 8.42 Å². The van der Waals surface area contributed by atoms with Crippen LogP contribution in [0.3, 0.4) is 0 Å². The molecule has 3 rings (SSSR count). The van der Waals surface area contributed by atoms with Crippen LogP contribution in [0.1, 0.15) is 18.4 Å². The lowest BCUT2D eigenvalue weighted by molar-refractivity contribution is -0.155. The lowest BCUT2D eigenvalue weighted by Crippen LogP contribution is -2.63. The summed E-state index contributed by atoms with van der Waals surface area (Å²) in [6.45, 7) is 2.04. The molecule has 0 amide bonds. The summed E-state index contributed by atoms with van der Waals surface area (Å²) >= 11 is 0. The molecule has 1 aliphatic heterocycles. The number of nitrogens with zero attached hydrogens (tertiary/aromatic N) is 1. The molecule has 0 unspecified atom stereocenters. The molecule has 0 N–H and O–H groups in total. The Morgan fingerprint density at radius 2 is 1.96 bits per heavy atom. The van der Waals surface area contributed by atoms with Crippen LogP contribution < -0.4 is 0 Å². The summed E-state index contributed by atoms with van der Waals surface area (Å²) in [5.41, 5.74) is -0.359. The van der Waals surface area contributed by atoms with Gasteiger partial charge in [0.05, 0.1) is 4.90 Å². The molecule has 0 radical (unpaired) electrons. The number of fused-ring (bicyclic) bond motifs is 1. The third-order valence-electron chi connectivity index (χ3n) is 5.14. The third kappa shape index (κ3) is 2.86. The highest BCUT2D eigenvalue weighted by molar-refractivity contribution is 7.89. The Morgan fingerprint density at radius 1 is 1.28 bits per heavy atom. The first-order chi connectivity index (χ1) is 11.8. The molecule has 0 aromatic heterocycles. The van der Waals surface area contributed by atoms with E-state index in [-0.39, 0.29) is 23.6 Å². The number of rotatable bonds is 4. The molecule has 1 fully saturated rings. The SMILES string of the molecule is CO[C@]12C=CC(=O)C[C@H]1[C@@H](C=O)CCN2S(=O)(=O)c1ccc(C)cc1. The monoisotopic (exact) mass is 363 g/mol. The Balaban J connectivity index is 2.11. The van der Waals surface area contributed by atoms with Gasteiger partial charge in [0.1, 0.15) is 6.29 Å². The van der Waals surface area contributed by atoms with Crippen LogP contribution >= 0.6 is 0 Å². The summed E-state index contributed by atoms with van der Waals surface area (Å²) in [7, 11) is -2.42. The largest absolute Gasteiger partial charge is 0.359 e. The van der Waals surface area contributed by atoms with Crippen molar-refractivity contribution in [2.45, 2.75) is 30.4 Å². The van der Waals surface area contributed by atoms with Crippen LogP contribution in [0, 0.1) is 18.8 Å². The number of carbonyl (C=O) groups excluding carboxylic acids is 2. The lowest BCUT2D eigenvalue weighted by atomic mass is 9.73. The molecule has 7 heteroatoms. The number of piperidine rings is 1. The fourth-order valence-corrected chi connectivity index (χ4v) is 5.49. The number of carbonyl (C=O) groups is 2. The van der Waals surface area contributed by atoms with E-state index in [2.05, 4.69) is 0 Å². The number of aldehydes is 1. The van der Waals surface area contributed by atoms with Gasteiger partial charge in [-0.3, -0.25) is 4.79 Å². The van der Waals surface area contributed by atoms with Crippen molar-refractivity contribution in [1.82, 2.24) is 4.31 Å². The molecule has 1 aliphatic carbocycles. The first-order valence-corrected chi connectivity index (χ1v) is 9.61. The number of benzene rings is 1. The van der Waals surface area contributed by atoms with E-state index in [4.69, 9.17) is 4.74 Å². The number of hydrogen-bond donors (Lipinski definition) is 0. The Morgan fingerprint density at radius 3 is 2.56 bits per heavy atom. The molecule has 1 aromatic rings. The minimum Gasteiger partial charge on any atom is -0.359 e. The highest BCUT2D eigenvalue weighted by Crippen LogP contribution is 2.45. The van der Waals surface area contributed by atoms with Gasteiger partial charge in [0.25, 0.3) is 0 Å². The molecular weight excluding hydrogens is 342 g/mol. The average molecular weight is 363 g/mol. The molecule has 1 saturated heterocycles. The van der Waals surface area contributed by atoms with Gasteiger partial charge >= 0.3 is 0 Å². The smallest absolute Gasteiger partial charge is 0.245 e. The molecule has 134 valence electrons.